The van der Waals surface area contributed by atoms with Gasteiger partial charge >= 0.3 is 19.5 Å². The third kappa shape index (κ3) is 8.83. The van der Waals surface area contributed by atoms with Crippen molar-refractivity contribution in [3.8, 4) is 0 Å². The summed E-state index contributed by atoms with van der Waals surface area (Å²) in [5.74, 6) is -2.29. The average Bonchev–Trinajstić information content (AvgIpc) is 2.32. The molecule has 0 fully saturated rings. The monoisotopic (exact) mass is 374 g/mol. The molecule has 0 aliphatic carbocycles. The lowest BCUT2D eigenvalue weighted by Crippen LogP contribution is -2.23. The number of nitrogen functional groups attached to an aromatic ring is 1. The molecule has 9 nitrogen and oxygen atoms in total. The van der Waals surface area contributed by atoms with Crippen LogP contribution >= 0.6 is 30.8 Å². The first-order chi connectivity index (χ1) is 9.94. The quantitative estimate of drug-likeness (QED) is 0.325. The molecule has 0 aliphatic rings. The normalized spacial score (nSPS) is 10.5. The van der Waals surface area contributed by atoms with Gasteiger partial charge in [-0.1, -0.05) is 23.2 Å². The van der Waals surface area contributed by atoms with Gasteiger partial charge in [0, 0.05) is 5.02 Å². The molecule has 1 aromatic rings. The minimum Gasteiger partial charge on any atom is -0.480 e. The number of benzene rings is 1. The molecule has 0 radical (unpaired) electrons. The van der Waals surface area contributed by atoms with E-state index in [2.05, 4.69) is 5.32 Å². The second-order valence-electron chi connectivity index (χ2n) is 3.81. The standard InChI is InChI=1S/C7H5Cl2NO2.C3H8NO5P/c8-3-1-4(7(11)12)6(9)5(10)2-3;5-3(6)1-4-2-10(7,8)9/h1-2H,10H2,(H,11,12);4H,1-2H2,(H,5,6)(H2,7,8,9). The maximum Gasteiger partial charge on any atom is 0.339 e. The lowest BCUT2D eigenvalue weighted by Gasteiger charge is -2.02. The fraction of sp³-hybridized carbons (Fsp3) is 0.200. The molecular weight excluding hydrogens is 362 g/mol. The Morgan fingerprint density at radius 1 is 1.23 bits per heavy atom. The molecule has 0 heterocycles. The van der Waals surface area contributed by atoms with Crippen molar-refractivity contribution < 1.29 is 34.2 Å². The predicted octanol–water partition coefficient (Wildman–Crippen LogP) is 1.07. The summed E-state index contributed by atoms with van der Waals surface area (Å²) in [5, 5.41) is 19.0. The molecule has 12 heteroatoms. The highest BCUT2D eigenvalue weighted by atomic mass is 35.5. The number of carboxylic acid groups (broad SMARTS) is 2. The van der Waals surface area contributed by atoms with Crippen LogP contribution in [-0.4, -0.2) is 44.8 Å². The molecule has 1 rings (SSSR count). The van der Waals surface area contributed by atoms with E-state index in [0.717, 1.165) is 0 Å². The third-order valence-electron chi connectivity index (χ3n) is 1.89. The van der Waals surface area contributed by atoms with E-state index in [-0.39, 0.29) is 21.3 Å². The van der Waals surface area contributed by atoms with Crippen molar-refractivity contribution in [2.24, 2.45) is 0 Å². The number of nitrogens with one attached hydrogen (secondary N) is 1. The zero-order chi connectivity index (χ0) is 17.5. The van der Waals surface area contributed by atoms with E-state index in [1.807, 2.05) is 0 Å². The molecule has 124 valence electrons. The number of rotatable bonds is 5. The second-order valence-corrected chi connectivity index (χ2v) is 6.27. The van der Waals surface area contributed by atoms with E-state index in [1.165, 1.54) is 12.1 Å². The highest BCUT2D eigenvalue weighted by Gasteiger charge is 2.12. The molecule has 0 bridgehead atoms. The summed E-state index contributed by atoms with van der Waals surface area (Å²) in [6, 6.07) is 2.65. The van der Waals surface area contributed by atoms with Gasteiger partial charge in [0.1, 0.15) is 0 Å². The van der Waals surface area contributed by atoms with Gasteiger partial charge in [-0.15, -0.1) is 0 Å². The van der Waals surface area contributed by atoms with Gasteiger partial charge in [-0.05, 0) is 12.1 Å². The topological polar surface area (TPSA) is 170 Å². The van der Waals surface area contributed by atoms with Crippen LogP contribution in [0.15, 0.2) is 12.1 Å². The second kappa shape index (κ2) is 8.94. The summed E-state index contributed by atoms with van der Waals surface area (Å²) in [6.07, 6.45) is -0.598. The van der Waals surface area contributed by atoms with Crippen LogP contribution in [0.1, 0.15) is 10.4 Å². The van der Waals surface area contributed by atoms with E-state index in [1.54, 1.807) is 0 Å². The Morgan fingerprint density at radius 3 is 2.18 bits per heavy atom. The van der Waals surface area contributed by atoms with Gasteiger partial charge in [-0.2, -0.15) is 0 Å². The summed E-state index contributed by atoms with van der Waals surface area (Å²) in [5.41, 5.74) is 5.47. The largest absolute Gasteiger partial charge is 0.480 e. The first-order valence-corrected chi connectivity index (χ1v) is 7.94. The highest BCUT2D eigenvalue weighted by Crippen LogP contribution is 2.31. The van der Waals surface area contributed by atoms with Gasteiger partial charge in [-0.3, -0.25) is 14.7 Å². The lowest BCUT2D eigenvalue weighted by atomic mass is 10.2. The van der Waals surface area contributed by atoms with E-state index < -0.39 is 32.4 Å². The van der Waals surface area contributed by atoms with Gasteiger partial charge in [0.15, 0.2) is 0 Å². The van der Waals surface area contributed by atoms with Crippen molar-refractivity contribution in [2.45, 2.75) is 0 Å². The van der Waals surface area contributed by atoms with Crippen molar-refractivity contribution in [1.82, 2.24) is 5.32 Å². The van der Waals surface area contributed by atoms with Crippen molar-refractivity contribution in [1.29, 1.82) is 0 Å². The fourth-order valence-electron chi connectivity index (χ4n) is 1.07. The Bertz CT molecular complexity index is 605. The van der Waals surface area contributed by atoms with E-state index in [0.29, 0.717) is 0 Å². The van der Waals surface area contributed by atoms with Crippen LogP contribution in [-0.2, 0) is 9.36 Å². The first-order valence-electron chi connectivity index (χ1n) is 5.39. The van der Waals surface area contributed by atoms with E-state index in [4.69, 9.17) is 48.9 Å². The van der Waals surface area contributed by atoms with Crippen LogP contribution in [0.5, 0.6) is 0 Å². The number of aliphatic carboxylic acids is 1. The molecule has 0 saturated carbocycles. The van der Waals surface area contributed by atoms with Gasteiger partial charge in [0.2, 0.25) is 0 Å². The van der Waals surface area contributed by atoms with Gasteiger partial charge in [0.05, 0.1) is 29.1 Å². The minimum absolute atomic E-state index is 0.0203. The maximum atomic E-state index is 10.5. The lowest BCUT2D eigenvalue weighted by molar-refractivity contribution is -0.135. The van der Waals surface area contributed by atoms with Crippen molar-refractivity contribution in [2.75, 3.05) is 18.6 Å². The Hall–Kier alpha value is -1.35. The molecular formula is C10H13Cl2N2O7P. The number of nitrogens with two attached hydrogens (primary N) is 1. The molecule has 0 aliphatic heterocycles. The summed E-state index contributed by atoms with van der Waals surface area (Å²) in [7, 11) is -4.10. The zero-order valence-electron chi connectivity index (χ0n) is 10.9. The summed E-state index contributed by atoms with van der Waals surface area (Å²) < 4.78 is 10.1. The molecule has 7 N–H and O–H groups in total. The Kier molecular flexibility index (Phi) is 8.39. The number of carboxylic acids is 2. The molecule has 0 spiro atoms. The van der Waals surface area contributed by atoms with Gasteiger partial charge in [-0.25, -0.2) is 4.79 Å². The maximum absolute atomic E-state index is 10.5. The smallest absolute Gasteiger partial charge is 0.339 e. The molecule has 1 aromatic carbocycles. The number of carbonyl (C=O) groups is 2. The number of hydrogen-bond donors (Lipinski definition) is 6. The van der Waals surface area contributed by atoms with Crippen LogP contribution < -0.4 is 11.1 Å². The van der Waals surface area contributed by atoms with Crippen LogP contribution in [0.25, 0.3) is 0 Å². The Labute approximate surface area is 134 Å². The Balaban J connectivity index is 0.000000409. The molecule has 22 heavy (non-hydrogen) atoms. The molecule has 0 atom stereocenters. The molecule has 0 saturated heterocycles. The molecule has 0 aromatic heterocycles. The number of hydrogen-bond acceptors (Lipinski definition) is 5. The third-order valence-corrected chi connectivity index (χ3v) is 3.17. The number of anilines is 1. The van der Waals surface area contributed by atoms with Crippen LogP contribution in [0.2, 0.25) is 10.0 Å². The summed E-state index contributed by atoms with van der Waals surface area (Å²) in [4.78, 5) is 36.7. The van der Waals surface area contributed by atoms with Gasteiger partial charge < -0.3 is 25.7 Å². The van der Waals surface area contributed by atoms with Crippen molar-refractivity contribution in [3.63, 3.8) is 0 Å². The van der Waals surface area contributed by atoms with Gasteiger partial charge in [0.25, 0.3) is 0 Å². The molecule has 0 unspecified atom stereocenters. The minimum atomic E-state index is -4.10. The van der Waals surface area contributed by atoms with E-state index in [9.17, 15) is 14.2 Å². The van der Waals surface area contributed by atoms with Crippen molar-refractivity contribution in [3.05, 3.63) is 27.7 Å². The highest BCUT2D eigenvalue weighted by molar-refractivity contribution is 7.51. The predicted molar refractivity (Wildman–Crippen MR) is 80.4 cm³/mol. The van der Waals surface area contributed by atoms with Crippen LogP contribution in [0, 0.1) is 0 Å². The fourth-order valence-corrected chi connectivity index (χ4v) is 1.89. The number of halogens is 2. The number of aromatic carboxylic acids is 1. The summed E-state index contributed by atoms with van der Waals surface area (Å²) in [6.45, 7) is -0.439. The van der Waals surface area contributed by atoms with Crippen LogP contribution in [0.3, 0.4) is 0 Å². The first kappa shape index (κ1) is 20.6. The van der Waals surface area contributed by atoms with Crippen LogP contribution in [0.4, 0.5) is 5.69 Å². The SMILES string of the molecule is Nc1cc(Cl)cc(C(=O)O)c1Cl.O=C(O)CNCP(=O)(O)O. The van der Waals surface area contributed by atoms with E-state index >= 15 is 0 Å². The molecule has 0 amide bonds. The summed E-state index contributed by atoms with van der Waals surface area (Å²) >= 11 is 11.2. The average molecular weight is 375 g/mol. The Morgan fingerprint density at radius 2 is 1.77 bits per heavy atom. The van der Waals surface area contributed by atoms with Crippen molar-refractivity contribution >= 4 is 48.4 Å². The zero-order valence-corrected chi connectivity index (χ0v) is 13.3.